The van der Waals surface area contributed by atoms with Crippen molar-refractivity contribution in [2.45, 2.75) is 38.1 Å². The summed E-state index contributed by atoms with van der Waals surface area (Å²) in [6.07, 6.45) is 2.86. The number of methoxy groups -OCH3 is 1. The van der Waals surface area contributed by atoms with Crippen molar-refractivity contribution in [1.29, 1.82) is 0 Å². The molecular weight excluding hydrogens is 519 g/mol. The monoisotopic (exact) mass is 548 g/mol. The molecule has 0 aliphatic rings. The zero-order valence-corrected chi connectivity index (χ0v) is 22.1. The van der Waals surface area contributed by atoms with Crippen molar-refractivity contribution in [1.82, 2.24) is 15.5 Å². The Morgan fingerprint density at radius 1 is 1.08 bits per heavy atom. The van der Waals surface area contributed by atoms with Gasteiger partial charge in [0.05, 0.1) is 29.1 Å². The molecule has 1 atom stereocenters. The predicted octanol–water partition coefficient (Wildman–Crippen LogP) is 4.03. The third kappa shape index (κ3) is 9.12. The number of unbranched alkanes of at least 4 members (excludes halogenated alkanes) is 1. The third-order valence-corrected chi connectivity index (χ3v) is 6.22. The van der Waals surface area contributed by atoms with Crippen molar-refractivity contribution in [2.24, 2.45) is 5.73 Å². The van der Waals surface area contributed by atoms with E-state index in [0.717, 1.165) is 23.3 Å². The van der Waals surface area contributed by atoms with Gasteiger partial charge in [-0.15, -0.1) is 0 Å². The van der Waals surface area contributed by atoms with E-state index in [9.17, 15) is 9.59 Å². The molecule has 198 valence electrons. The van der Waals surface area contributed by atoms with E-state index in [1.54, 1.807) is 6.07 Å². The molecule has 0 saturated heterocycles. The molecule has 0 spiro atoms. The van der Waals surface area contributed by atoms with Crippen LogP contribution in [-0.4, -0.2) is 54.7 Å². The van der Waals surface area contributed by atoms with Crippen molar-refractivity contribution in [3.05, 3.63) is 75.4 Å². The number of halogens is 2. The number of nitrogens with two attached hydrogens (primary N) is 1. The van der Waals surface area contributed by atoms with Gasteiger partial charge in [-0.05, 0) is 61.2 Å². The zero-order valence-electron chi connectivity index (χ0n) is 20.5. The molecule has 0 aliphatic carbocycles. The van der Waals surface area contributed by atoms with Crippen LogP contribution in [0.5, 0.6) is 5.75 Å². The minimum atomic E-state index is -0.778. The number of nitrogens with zero attached hydrogens (tertiary/aromatic N) is 2. The molecule has 1 amide bonds. The lowest BCUT2D eigenvalue weighted by atomic mass is 10.0. The van der Waals surface area contributed by atoms with Crippen LogP contribution in [-0.2, 0) is 22.4 Å². The van der Waals surface area contributed by atoms with Crippen LogP contribution < -0.4 is 15.8 Å². The molecule has 0 saturated carbocycles. The summed E-state index contributed by atoms with van der Waals surface area (Å²) in [6.45, 7) is 0.841. The highest BCUT2D eigenvalue weighted by Gasteiger charge is 2.26. The molecule has 2 aromatic carbocycles. The molecule has 1 unspecified atom stereocenters. The highest BCUT2D eigenvalue weighted by molar-refractivity contribution is 6.42. The summed E-state index contributed by atoms with van der Waals surface area (Å²) in [6, 6.07) is 12.2. The van der Waals surface area contributed by atoms with Crippen molar-refractivity contribution in [3.8, 4) is 5.75 Å². The van der Waals surface area contributed by atoms with E-state index in [1.165, 1.54) is 7.11 Å². The summed E-state index contributed by atoms with van der Waals surface area (Å²) in [4.78, 5) is 29.1. The SMILES string of the molecule is COCC(=O)NC(CCCCN)C(=O)c1noc(Cc2ccc(OCCc3ccc(Cl)c(Cl)c3)cc2)n1. The fourth-order valence-electron chi connectivity index (χ4n) is 3.57. The number of nitrogens with one attached hydrogen (secondary N) is 1. The number of benzene rings is 2. The lowest BCUT2D eigenvalue weighted by Crippen LogP contribution is -2.42. The molecular formula is C26H30Cl2N4O5. The van der Waals surface area contributed by atoms with Crippen molar-refractivity contribution >= 4 is 34.9 Å². The smallest absolute Gasteiger partial charge is 0.246 e. The van der Waals surface area contributed by atoms with E-state index in [-0.39, 0.29) is 12.4 Å². The Hall–Kier alpha value is -2.98. The van der Waals surface area contributed by atoms with Crippen LogP contribution in [0.3, 0.4) is 0 Å². The first-order chi connectivity index (χ1) is 17.9. The van der Waals surface area contributed by atoms with Gasteiger partial charge in [0.25, 0.3) is 0 Å². The second-order valence-corrected chi connectivity index (χ2v) is 9.20. The van der Waals surface area contributed by atoms with Crippen LogP contribution in [0.15, 0.2) is 47.0 Å². The zero-order chi connectivity index (χ0) is 26.6. The van der Waals surface area contributed by atoms with Crippen LogP contribution >= 0.6 is 23.2 Å². The average Bonchev–Trinajstić information content (AvgIpc) is 3.35. The third-order valence-electron chi connectivity index (χ3n) is 5.48. The fraction of sp³-hybridized carbons (Fsp3) is 0.385. The number of carbonyl (C=O) groups excluding carboxylic acids is 2. The van der Waals surface area contributed by atoms with Gasteiger partial charge in [0.2, 0.25) is 23.4 Å². The maximum atomic E-state index is 12.9. The Balaban J connectivity index is 1.54. The van der Waals surface area contributed by atoms with E-state index in [2.05, 4.69) is 15.5 Å². The van der Waals surface area contributed by atoms with Crippen LogP contribution in [0.4, 0.5) is 0 Å². The van der Waals surface area contributed by atoms with Gasteiger partial charge in [-0.2, -0.15) is 4.98 Å². The van der Waals surface area contributed by atoms with Gasteiger partial charge >= 0.3 is 0 Å². The van der Waals surface area contributed by atoms with Gasteiger partial charge in [-0.25, -0.2) is 0 Å². The van der Waals surface area contributed by atoms with E-state index in [0.29, 0.717) is 54.8 Å². The number of carbonyl (C=O) groups is 2. The molecule has 3 N–H and O–H groups in total. The largest absolute Gasteiger partial charge is 0.493 e. The molecule has 1 heterocycles. The first-order valence-corrected chi connectivity index (χ1v) is 12.7. The molecule has 1 aromatic heterocycles. The Morgan fingerprint density at radius 2 is 1.84 bits per heavy atom. The molecule has 37 heavy (non-hydrogen) atoms. The maximum absolute atomic E-state index is 12.9. The first kappa shape index (κ1) is 28.6. The predicted molar refractivity (Wildman–Crippen MR) is 140 cm³/mol. The van der Waals surface area contributed by atoms with Crippen molar-refractivity contribution < 1.29 is 23.6 Å². The summed E-state index contributed by atoms with van der Waals surface area (Å²) in [7, 11) is 1.41. The average molecular weight is 549 g/mol. The second-order valence-electron chi connectivity index (χ2n) is 8.38. The Labute approximate surface area is 225 Å². The number of ether oxygens (including phenoxy) is 2. The standard InChI is InChI=1S/C26H30Cl2N4O5/c1-35-16-23(33)30-22(4-2-3-12-29)25(34)26-31-24(37-32-26)15-17-5-8-19(9-6-17)36-13-11-18-7-10-20(27)21(28)14-18/h5-10,14,22H,2-4,11-13,15-16,29H2,1H3,(H,30,33). The van der Waals surface area contributed by atoms with Gasteiger partial charge in [0.15, 0.2) is 0 Å². The van der Waals surface area contributed by atoms with Gasteiger partial charge in [-0.1, -0.05) is 46.6 Å². The number of amides is 1. The number of Topliss-reactive ketones (excluding diaryl/α,β-unsaturated/α-hetero) is 1. The van der Waals surface area contributed by atoms with Crippen LogP contribution in [0.1, 0.15) is 46.9 Å². The van der Waals surface area contributed by atoms with Crippen LogP contribution in [0.25, 0.3) is 0 Å². The number of rotatable bonds is 15. The lowest BCUT2D eigenvalue weighted by molar-refractivity contribution is -0.125. The van der Waals surface area contributed by atoms with Gasteiger partial charge in [-0.3, -0.25) is 9.59 Å². The topological polar surface area (TPSA) is 130 Å². The van der Waals surface area contributed by atoms with E-state index < -0.39 is 17.7 Å². The highest BCUT2D eigenvalue weighted by Crippen LogP contribution is 2.23. The maximum Gasteiger partial charge on any atom is 0.246 e. The molecule has 0 bridgehead atoms. The Kier molecular flexibility index (Phi) is 11.3. The minimum Gasteiger partial charge on any atom is -0.493 e. The quantitative estimate of drug-likeness (QED) is 0.215. The molecule has 3 aromatic rings. The summed E-state index contributed by atoms with van der Waals surface area (Å²) >= 11 is 12.0. The first-order valence-electron chi connectivity index (χ1n) is 11.9. The summed E-state index contributed by atoms with van der Waals surface area (Å²) in [5.74, 6) is 0.129. The molecule has 3 rings (SSSR count). The van der Waals surface area contributed by atoms with E-state index >= 15 is 0 Å². The Bertz CT molecular complexity index is 1170. The molecule has 0 radical (unpaired) electrons. The molecule has 9 nitrogen and oxygen atoms in total. The van der Waals surface area contributed by atoms with Crippen molar-refractivity contribution in [2.75, 3.05) is 26.9 Å². The highest BCUT2D eigenvalue weighted by atomic mass is 35.5. The number of hydrogen-bond donors (Lipinski definition) is 2. The van der Waals surface area contributed by atoms with Gasteiger partial charge in [0, 0.05) is 13.5 Å². The second kappa shape index (κ2) is 14.7. The van der Waals surface area contributed by atoms with E-state index in [4.69, 9.17) is 42.9 Å². The number of aromatic nitrogens is 2. The number of hydrogen-bond acceptors (Lipinski definition) is 8. The lowest BCUT2D eigenvalue weighted by Gasteiger charge is -2.15. The fourth-order valence-corrected chi connectivity index (χ4v) is 3.89. The van der Waals surface area contributed by atoms with Crippen LogP contribution in [0, 0.1) is 0 Å². The number of ketones is 1. The normalized spacial score (nSPS) is 11.8. The van der Waals surface area contributed by atoms with Crippen LogP contribution in [0.2, 0.25) is 10.0 Å². The Morgan fingerprint density at radius 3 is 2.54 bits per heavy atom. The summed E-state index contributed by atoms with van der Waals surface area (Å²) in [5, 5.41) is 7.54. The van der Waals surface area contributed by atoms with E-state index in [1.807, 2.05) is 36.4 Å². The minimum absolute atomic E-state index is 0.0762. The van der Waals surface area contributed by atoms with Crippen molar-refractivity contribution in [3.63, 3.8) is 0 Å². The summed E-state index contributed by atoms with van der Waals surface area (Å²) < 4.78 is 15.9. The molecule has 11 heteroatoms. The molecule has 0 aliphatic heterocycles. The summed E-state index contributed by atoms with van der Waals surface area (Å²) in [5.41, 5.74) is 7.49. The van der Waals surface area contributed by atoms with Gasteiger partial charge in [0.1, 0.15) is 12.4 Å². The van der Waals surface area contributed by atoms with Gasteiger partial charge < -0.3 is 25.0 Å². The molecule has 0 fully saturated rings.